The summed E-state index contributed by atoms with van der Waals surface area (Å²) in [5.41, 5.74) is -0.362. The molecule has 1 fully saturated rings. The maximum Gasteiger partial charge on any atom is 0.151 e. The van der Waals surface area contributed by atoms with E-state index in [1.54, 1.807) is 0 Å². The molecule has 0 amide bonds. The van der Waals surface area contributed by atoms with Crippen LogP contribution in [0.1, 0.15) is 27.2 Å². The lowest BCUT2D eigenvalue weighted by atomic mass is 10.0. The summed E-state index contributed by atoms with van der Waals surface area (Å²) in [5.74, 6) is 3.23. The van der Waals surface area contributed by atoms with Crippen molar-refractivity contribution >= 4 is 9.84 Å². The standard InChI is InChI=1S/C11H19NO2S/c1-5-11(3,4)12-7-6-8-15(13,14)9-10(12)2/h1,10H,6-9H2,2-4H3. The molecule has 1 heterocycles. The Balaban J connectivity index is 2.91. The third kappa shape index (κ3) is 2.96. The molecule has 0 aromatic rings. The van der Waals surface area contributed by atoms with Gasteiger partial charge in [-0.05, 0) is 27.2 Å². The van der Waals surface area contributed by atoms with Crippen molar-refractivity contribution in [2.45, 2.75) is 38.8 Å². The van der Waals surface area contributed by atoms with Crippen LogP contribution in [0.5, 0.6) is 0 Å². The zero-order valence-corrected chi connectivity index (χ0v) is 10.5. The first-order valence-electron chi connectivity index (χ1n) is 5.23. The molecule has 1 aliphatic heterocycles. The maximum atomic E-state index is 11.6. The topological polar surface area (TPSA) is 37.4 Å². The lowest BCUT2D eigenvalue weighted by molar-refractivity contribution is 0.134. The van der Waals surface area contributed by atoms with E-state index in [1.165, 1.54) is 0 Å². The largest absolute Gasteiger partial charge is 0.284 e. The van der Waals surface area contributed by atoms with Crippen LogP contribution < -0.4 is 0 Å². The molecule has 0 radical (unpaired) electrons. The summed E-state index contributed by atoms with van der Waals surface area (Å²) >= 11 is 0. The molecule has 1 unspecified atom stereocenters. The Morgan fingerprint density at radius 3 is 2.60 bits per heavy atom. The van der Waals surface area contributed by atoms with E-state index in [0.29, 0.717) is 6.42 Å². The third-order valence-electron chi connectivity index (χ3n) is 2.95. The van der Waals surface area contributed by atoms with Gasteiger partial charge in [-0.15, -0.1) is 6.42 Å². The number of nitrogens with zero attached hydrogens (tertiary/aromatic N) is 1. The summed E-state index contributed by atoms with van der Waals surface area (Å²) in [6, 6.07) is 0.00329. The molecule has 1 atom stereocenters. The summed E-state index contributed by atoms with van der Waals surface area (Å²) in [5, 5.41) is 0. The van der Waals surface area contributed by atoms with Gasteiger partial charge >= 0.3 is 0 Å². The zero-order chi connectivity index (χ0) is 11.7. The number of hydrogen-bond acceptors (Lipinski definition) is 3. The normalized spacial score (nSPS) is 28.0. The fourth-order valence-electron chi connectivity index (χ4n) is 2.13. The van der Waals surface area contributed by atoms with Gasteiger partial charge in [0.15, 0.2) is 9.84 Å². The first kappa shape index (κ1) is 12.5. The van der Waals surface area contributed by atoms with Gasteiger partial charge in [0.05, 0.1) is 17.0 Å². The van der Waals surface area contributed by atoms with Crippen molar-refractivity contribution in [3.8, 4) is 12.3 Å². The van der Waals surface area contributed by atoms with E-state index in [0.717, 1.165) is 6.54 Å². The number of sulfone groups is 1. The molecule has 0 bridgehead atoms. The van der Waals surface area contributed by atoms with Crippen LogP contribution in [-0.4, -0.2) is 42.9 Å². The molecule has 0 aromatic carbocycles. The molecule has 0 aliphatic carbocycles. The van der Waals surface area contributed by atoms with Gasteiger partial charge in [0.2, 0.25) is 0 Å². The van der Waals surface area contributed by atoms with Crippen molar-refractivity contribution in [2.75, 3.05) is 18.1 Å². The van der Waals surface area contributed by atoms with Crippen LogP contribution >= 0.6 is 0 Å². The average Bonchev–Trinajstić information content (AvgIpc) is 2.23. The molecule has 4 heteroatoms. The Labute approximate surface area is 92.8 Å². The van der Waals surface area contributed by atoms with Gasteiger partial charge < -0.3 is 0 Å². The fraction of sp³-hybridized carbons (Fsp3) is 0.818. The Morgan fingerprint density at radius 1 is 1.47 bits per heavy atom. The summed E-state index contributed by atoms with van der Waals surface area (Å²) in [6.45, 7) is 6.61. The van der Waals surface area contributed by atoms with E-state index in [-0.39, 0.29) is 23.1 Å². The summed E-state index contributed by atoms with van der Waals surface area (Å²) in [4.78, 5) is 2.11. The van der Waals surface area contributed by atoms with Crippen molar-refractivity contribution in [2.24, 2.45) is 0 Å². The summed E-state index contributed by atoms with van der Waals surface area (Å²) < 4.78 is 23.1. The lowest BCUT2D eigenvalue weighted by Gasteiger charge is -2.37. The van der Waals surface area contributed by atoms with Crippen LogP contribution in [0.2, 0.25) is 0 Å². The predicted octanol–water partition coefficient (Wildman–Crippen LogP) is 0.907. The van der Waals surface area contributed by atoms with Gasteiger partial charge in [-0.2, -0.15) is 0 Å². The van der Waals surface area contributed by atoms with Gasteiger partial charge in [0.1, 0.15) is 0 Å². The second-order valence-electron chi connectivity index (χ2n) is 4.71. The second kappa shape index (κ2) is 4.15. The minimum atomic E-state index is -2.88. The average molecular weight is 229 g/mol. The van der Waals surface area contributed by atoms with Gasteiger partial charge in [-0.25, -0.2) is 8.42 Å². The van der Waals surface area contributed by atoms with E-state index in [1.807, 2.05) is 20.8 Å². The minimum absolute atomic E-state index is 0.00329. The molecule has 1 rings (SSSR count). The van der Waals surface area contributed by atoms with Crippen molar-refractivity contribution in [3.63, 3.8) is 0 Å². The lowest BCUT2D eigenvalue weighted by Crippen LogP contribution is -2.49. The zero-order valence-electron chi connectivity index (χ0n) is 9.66. The molecule has 1 aliphatic rings. The van der Waals surface area contributed by atoms with Crippen LogP contribution in [0, 0.1) is 12.3 Å². The highest BCUT2D eigenvalue weighted by molar-refractivity contribution is 7.91. The molecule has 86 valence electrons. The molecule has 3 nitrogen and oxygen atoms in total. The van der Waals surface area contributed by atoms with E-state index in [4.69, 9.17) is 6.42 Å². The molecular formula is C11H19NO2S. The van der Waals surface area contributed by atoms with E-state index in [2.05, 4.69) is 10.8 Å². The van der Waals surface area contributed by atoms with Crippen molar-refractivity contribution in [3.05, 3.63) is 0 Å². The van der Waals surface area contributed by atoms with E-state index >= 15 is 0 Å². The third-order valence-corrected chi connectivity index (χ3v) is 4.85. The number of rotatable bonds is 1. The molecule has 0 N–H and O–H groups in total. The first-order chi connectivity index (χ1) is 6.78. The van der Waals surface area contributed by atoms with E-state index < -0.39 is 9.84 Å². The minimum Gasteiger partial charge on any atom is -0.284 e. The Bertz CT molecular complexity index is 365. The Hall–Kier alpha value is -0.530. The van der Waals surface area contributed by atoms with Crippen LogP contribution in [0.25, 0.3) is 0 Å². The van der Waals surface area contributed by atoms with Crippen molar-refractivity contribution < 1.29 is 8.42 Å². The first-order valence-corrected chi connectivity index (χ1v) is 7.05. The quantitative estimate of drug-likeness (QED) is 0.627. The Morgan fingerprint density at radius 2 is 2.07 bits per heavy atom. The molecule has 15 heavy (non-hydrogen) atoms. The fourth-order valence-corrected chi connectivity index (χ4v) is 3.78. The highest BCUT2D eigenvalue weighted by Gasteiger charge is 2.33. The highest BCUT2D eigenvalue weighted by Crippen LogP contribution is 2.21. The number of terminal acetylenes is 1. The molecule has 0 saturated carbocycles. The van der Waals surface area contributed by atoms with Gasteiger partial charge in [0, 0.05) is 12.6 Å². The smallest absolute Gasteiger partial charge is 0.151 e. The van der Waals surface area contributed by atoms with Gasteiger partial charge in [0.25, 0.3) is 0 Å². The predicted molar refractivity (Wildman–Crippen MR) is 62.4 cm³/mol. The van der Waals surface area contributed by atoms with Gasteiger partial charge in [-0.1, -0.05) is 5.92 Å². The van der Waals surface area contributed by atoms with Gasteiger partial charge in [-0.3, -0.25) is 4.90 Å². The molecular weight excluding hydrogens is 210 g/mol. The van der Waals surface area contributed by atoms with Crippen LogP contribution in [-0.2, 0) is 9.84 Å². The molecule has 1 saturated heterocycles. The maximum absolute atomic E-state index is 11.6. The van der Waals surface area contributed by atoms with Crippen LogP contribution in [0.4, 0.5) is 0 Å². The number of hydrogen-bond donors (Lipinski definition) is 0. The Kier molecular flexibility index (Phi) is 3.47. The highest BCUT2D eigenvalue weighted by atomic mass is 32.2. The monoisotopic (exact) mass is 229 g/mol. The second-order valence-corrected chi connectivity index (χ2v) is 6.94. The summed E-state index contributed by atoms with van der Waals surface area (Å²) in [7, 11) is -2.88. The van der Waals surface area contributed by atoms with Crippen LogP contribution in [0.3, 0.4) is 0 Å². The SMILES string of the molecule is C#CC(C)(C)N1CCCS(=O)(=O)CC1C. The van der Waals surface area contributed by atoms with Crippen molar-refractivity contribution in [1.82, 2.24) is 4.90 Å². The summed E-state index contributed by atoms with van der Waals surface area (Å²) in [6.07, 6.45) is 6.16. The van der Waals surface area contributed by atoms with E-state index in [9.17, 15) is 8.42 Å². The molecule has 0 aromatic heterocycles. The molecule has 0 spiro atoms. The van der Waals surface area contributed by atoms with Crippen molar-refractivity contribution in [1.29, 1.82) is 0 Å². The van der Waals surface area contributed by atoms with Crippen LogP contribution in [0.15, 0.2) is 0 Å².